The second-order valence-corrected chi connectivity index (χ2v) is 6.50. The minimum absolute atomic E-state index is 0.422. The molecule has 0 saturated carbocycles. The van der Waals surface area contributed by atoms with Crippen molar-refractivity contribution in [3.63, 3.8) is 0 Å². The Labute approximate surface area is 140 Å². The number of nitrogens with two attached hydrogens (primary N) is 1. The molecule has 1 aromatic carbocycles. The van der Waals surface area contributed by atoms with E-state index in [0.717, 1.165) is 24.6 Å². The third-order valence-corrected chi connectivity index (χ3v) is 4.20. The van der Waals surface area contributed by atoms with Gasteiger partial charge in [-0.3, -0.25) is 4.79 Å². The lowest BCUT2D eigenvalue weighted by Gasteiger charge is -2.10. The molecule has 0 atom stereocenters. The summed E-state index contributed by atoms with van der Waals surface area (Å²) in [6.07, 6.45) is 0. The number of aryl methyl sites for hydroxylation is 1. The second kappa shape index (κ2) is 8.33. The second-order valence-electron chi connectivity index (χ2n) is 5.13. The molecule has 2 rings (SSSR count). The number of thiophene rings is 1. The molecule has 0 aliphatic rings. The summed E-state index contributed by atoms with van der Waals surface area (Å²) in [7, 11) is 0. The zero-order valence-corrected chi connectivity index (χ0v) is 14.2. The fraction of sp³-hybridized carbons (Fsp3) is 0.294. The number of hydrogen-bond donors (Lipinski definition) is 3. The monoisotopic (exact) mass is 330 g/mol. The molecule has 0 aliphatic carbocycles. The van der Waals surface area contributed by atoms with Gasteiger partial charge in [-0.1, -0.05) is 12.1 Å². The predicted octanol–water partition coefficient (Wildman–Crippen LogP) is 2.41. The van der Waals surface area contributed by atoms with Gasteiger partial charge in [0, 0.05) is 21.9 Å². The molecule has 5 nitrogen and oxygen atoms in total. The number of nitrogens with one attached hydrogen (secondary N) is 2. The van der Waals surface area contributed by atoms with Crippen LogP contribution >= 0.6 is 11.3 Å². The van der Waals surface area contributed by atoms with E-state index in [1.165, 1.54) is 9.75 Å². The van der Waals surface area contributed by atoms with Crippen LogP contribution in [0.25, 0.3) is 0 Å². The van der Waals surface area contributed by atoms with E-state index in [4.69, 9.17) is 5.73 Å². The molecule has 0 radical (unpaired) electrons. The van der Waals surface area contributed by atoms with Gasteiger partial charge in [0.2, 0.25) is 5.91 Å². The van der Waals surface area contributed by atoms with E-state index in [-0.39, 0.29) is 0 Å². The maximum absolute atomic E-state index is 11.2. The number of amides is 1. The molecular weight excluding hydrogens is 308 g/mol. The number of rotatable bonds is 6. The highest BCUT2D eigenvalue weighted by atomic mass is 32.1. The molecule has 6 heteroatoms. The van der Waals surface area contributed by atoms with Crippen molar-refractivity contribution in [1.82, 2.24) is 10.6 Å². The highest BCUT2D eigenvalue weighted by Crippen LogP contribution is 2.14. The molecule has 2 aromatic rings. The SMILES string of the molecule is CCNC(=NCc1cccc(C(N)=O)c1)NCc1ccc(C)s1. The summed E-state index contributed by atoms with van der Waals surface area (Å²) in [5.74, 6) is 0.331. The smallest absolute Gasteiger partial charge is 0.248 e. The van der Waals surface area contributed by atoms with Gasteiger partial charge in [0.05, 0.1) is 13.1 Å². The van der Waals surface area contributed by atoms with Crippen molar-refractivity contribution < 1.29 is 4.79 Å². The summed E-state index contributed by atoms with van der Waals surface area (Å²) in [5.41, 5.74) is 6.76. The number of primary amides is 1. The van der Waals surface area contributed by atoms with Crippen LogP contribution in [0.15, 0.2) is 41.4 Å². The number of guanidine groups is 1. The zero-order chi connectivity index (χ0) is 16.7. The lowest BCUT2D eigenvalue weighted by atomic mass is 10.1. The Balaban J connectivity index is 2.00. The number of carbonyl (C=O) groups excluding carboxylic acids is 1. The van der Waals surface area contributed by atoms with Crippen molar-refractivity contribution in [2.45, 2.75) is 26.9 Å². The van der Waals surface area contributed by atoms with Crippen LogP contribution in [-0.2, 0) is 13.1 Å². The predicted molar refractivity (Wildman–Crippen MR) is 95.7 cm³/mol. The molecule has 0 unspecified atom stereocenters. The van der Waals surface area contributed by atoms with Gasteiger partial charge in [0.15, 0.2) is 5.96 Å². The molecule has 122 valence electrons. The van der Waals surface area contributed by atoms with Gasteiger partial charge < -0.3 is 16.4 Å². The number of nitrogens with zero attached hydrogens (tertiary/aromatic N) is 1. The van der Waals surface area contributed by atoms with Crippen molar-refractivity contribution in [2.75, 3.05) is 6.54 Å². The molecule has 0 aliphatic heterocycles. The highest BCUT2D eigenvalue weighted by Gasteiger charge is 2.03. The van der Waals surface area contributed by atoms with Gasteiger partial charge in [-0.2, -0.15) is 0 Å². The number of benzene rings is 1. The molecule has 0 fully saturated rings. The molecule has 0 bridgehead atoms. The maximum Gasteiger partial charge on any atom is 0.248 e. The van der Waals surface area contributed by atoms with Gasteiger partial charge in [0.25, 0.3) is 0 Å². The first kappa shape index (κ1) is 17.0. The van der Waals surface area contributed by atoms with E-state index >= 15 is 0 Å². The Morgan fingerprint density at radius 3 is 2.74 bits per heavy atom. The molecule has 4 N–H and O–H groups in total. The van der Waals surface area contributed by atoms with Gasteiger partial charge in [-0.15, -0.1) is 11.3 Å². The van der Waals surface area contributed by atoms with Crippen LogP contribution in [0.2, 0.25) is 0 Å². The Morgan fingerprint density at radius 1 is 1.26 bits per heavy atom. The third-order valence-electron chi connectivity index (χ3n) is 3.20. The van der Waals surface area contributed by atoms with Crippen molar-refractivity contribution >= 4 is 23.2 Å². The van der Waals surface area contributed by atoms with E-state index in [9.17, 15) is 4.79 Å². The third kappa shape index (κ3) is 5.41. The lowest BCUT2D eigenvalue weighted by molar-refractivity contribution is 0.1000. The minimum Gasteiger partial charge on any atom is -0.366 e. The summed E-state index contributed by atoms with van der Waals surface area (Å²) in [5, 5.41) is 6.53. The molecule has 23 heavy (non-hydrogen) atoms. The fourth-order valence-electron chi connectivity index (χ4n) is 2.09. The minimum atomic E-state index is -0.422. The van der Waals surface area contributed by atoms with Gasteiger partial charge >= 0.3 is 0 Å². The molecule has 0 saturated heterocycles. The first-order valence-electron chi connectivity index (χ1n) is 7.54. The van der Waals surface area contributed by atoms with Crippen LogP contribution in [0.4, 0.5) is 0 Å². The standard InChI is InChI=1S/C17H22N4OS/c1-3-19-17(21-11-15-8-7-12(2)23-15)20-10-13-5-4-6-14(9-13)16(18)22/h4-9H,3,10-11H2,1-2H3,(H2,18,22)(H2,19,20,21). The first-order chi connectivity index (χ1) is 11.1. The summed E-state index contributed by atoms with van der Waals surface area (Å²) in [6, 6.07) is 11.5. The number of carbonyl (C=O) groups is 1. The lowest BCUT2D eigenvalue weighted by Crippen LogP contribution is -2.36. The van der Waals surface area contributed by atoms with Gasteiger partial charge in [-0.05, 0) is 43.7 Å². The van der Waals surface area contributed by atoms with Gasteiger partial charge in [-0.25, -0.2) is 4.99 Å². The van der Waals surface area contributed by atoms with Crippen LogP contribution in [0.1, 0.15) is 32.6 Å². The Hall–Kier alpha value is -2.34. The Morgan fingerprint density at radius 2 is 2.09 bits per heavy atom. The molecule has 0 spiro atoms. The first-order valence-corrected chi connectivity index (χ1v) is 8.36. The zero-order valence-electron chi connectivity index (χ0n) is 13.4. The van der Waals surface area contributed by atoms with Gasteiger partial charge in [0.1, 0.15) is 0 Å². The summed E-state index contributed by atoms with van der Waals surface area (Å²) >= 11 is 1.77. The Bertz CT molecular complexity index is 693. The van der Waals surface area contributed by atoms with Crippen LogP contribution in [0.5, 0.6) is 0 Å². The summed E-state index contributed by atoms with van der Waals surface area (Å²) < 4.78 is 0. The van der Waals surface area contributed by atoms with Crippen LogP contribution in [0.3, 0.4) is 0 Å². The molecule has 1 aromatic heterocycles. The summed E-state index contributed by atoms with van der Waals surface area (Å²) in [4.78, 5) is 18.3. The average molecular weight is 330 g/mol. The van der Waals surface area contributed by atoms with E-state index in [0.29, 0.717) is 12.1 Å². The quantitative estimate of drug-likeness (QED) is 0.562. The highest BCUT2D eigenvalue weighted by molar-refractivity contribution is 7.11. The van der Waals surface area contributed by atoms with E-state index in [1.54, 1.807) is 23.5 Å². The number of hydrogen-bond acceptors (Lipinski definition) is 3. The van der Waals surface area contributed by atoms with Crippen molar-refractivity contribution in [3.8, 4) is 0 Å². The van der Waals surface area contributed by atoms with Crippen LogP contribution in [-0.4, -0.2) is 18.4 Å². The normalized spacial score (nSPS) is 11.3. The largest absolute Gasteiger partial charge is 0.366 e. The van der Waals surface area contributed by atoms with E-state index in [1.807, 2.05) is 19.1 Å². The van der Waals surface area contributed by atoms with E-state index < -0.39 is 5.91 Å². The van der Waals surface area contributed by atoms with Crippen molar-refractivity contribution in [3.05, 3.63) is 57.3 Å². The fourth-order valence-corrected chi connectivity index (χ4v) is 2.92. The Kier molecular flexibility index (Phi) is 6.17. The van der Waals surface area contributed by atoms with Crippen LogP contribution in [0, 0.1) is 6.92 Å². The summed E-state index contributed by atoms with van der Waals surface area (Å²) in [6.45, 7) is 6.14. The number of aliphatic imine (C=N–C) groups is 1. The average Bonchev–Trinajstić information content (AvgIpc) is 2.96. The van der Waals surface area contributed by atoms with Crippen LogP contribution < -0.4 is 16.4 Å². The van der Waals surface area contributed by atoms with E-state index in [2.05, 4.69) is 34.7 Å². The van der Waals surface area contributed by atoms with Crippen molar-refractivity contribution in [1.29, 1.82) is 0 Å². The topological polar surface area (TPSA) is 79.5 Å². The molecular formula is C17H22N4OS. The molecule has 1 heterocycles. The maximum atomic E-state index is 11.2. The van der Waals surface area contributed by atoms with Crippen molar-refractivity contribution in [2.24, 2.45) is 10.7 Å². The molecule has 1 amide bonds.